The van der Waals surface area contributed by atoms with Crippen molar-refractivity contribution in [2.75, 3.05) is 0 Å². The number of rotatable bonds is 5. The van der Waals surface area contributed by atoms with Gasteiger partial charge >= 0.3 is 13.2 Å². The van der Waals surface area contributed by atoms with Crippen molar-refractivity contribution in [3.8, 4) is 6.07 Å². The molecule has 0 aromatic heterocycles. The Morgan fingerprint density at radius 1 is 1.17 bits per heavy atom. The lowest BCUT2D eigenvalue weighted by atomic mass is 9.78. The Bertz CT molecular complexity index is 1030. The number of nitrogens with one attached hydrogen (secondary N) is 1. The third-order valence-corrected chi connectivity index (χ3v) is 7.88. The van der Waals surface area contributed by atoms with Crippen LogP contribution in [0.15, 0.2) is 24.3 Å². The molecule has 1 aromatic carbocycles. The SMILES string of the molecule is CC(C)(C)OC(=O)N1C2CCC(C2)C1C(=O)NC(C#N)Cc1ccc(B2OC(C)(C)C(C)(C)O2)cc1. The van der Waals surface area contributed by atoms with Crippen LogP contribution in [-0.4, -0.2) is 58.9 Å². The number of benzene rings is 1. The minimum Gasteiger partial charge on any atom is -0.444 e. The highest BCUT2D eigenvalue weighted by Crippen LogP contribution is 2.43. The zero-order valence-electron chi connectivity index (χ0n) is 22.5. The highest BCUT2D eigenvalue weighted by molar-refractivity contribution is 6.62. The van der Waals surface area contributed by atoms with Gasteiger partial charge in [0, 0.05) is 12.5 Å². The topological polar surface area (TPSA) is 101 Å². The van der Waals surface area contributed by atoms with E-state index in [4.69, 9.17) is 14.0 Å². The summed E-state index contributed by atoms with van der Waals surface area (Å²) in [6, 6.07) is 8.66. The van der Waals surface area contributed by atoms with E-state index in [1.165, 1.54) is 0 Å². The van der Waals surface area contributed by atoms with Gasteiger partial charge in [-0.05, 0) is 84.7 Å². The van der Waals surface area contributed by atoms with E-state index in [-0.39, 0.29) is 17.9 Å². The van der Waals surface area contributed by atoms with Crippen LogP contribution < -0.4 is 10.8 Å². The van der Waals surface area contributed by atoms with Crippen molar-refractivity contribution in [1.29, 1.82) is 5.26 Å². The fourth-order valence-electron chi connectivity index (χ4n) is 5.31. The molecule has 4 atom stereocenters. The molecule has 8 nitrogen and oxygen atoms in total. The van der Waals surface area contributed by atoms with E-state index in [9.17, 15) is 14.9 Å². The summed E-state index contributed by atoms with van der Waals surface area (Å²) in [5, 5.41) is 12.7. The minimum absolute atomic E-state index is 0.0173. The number of likely N-dealkylation sites (tertiary alicyclic amines) is 1. The average Bonchev–Trinajstić information content (AvgIpc) is 3.44. The molecule has 1 aliphatic carbocycles. The first-order valence-electron chi connectivity index (χ1n) is 12.9. The smallest absolute Gasteiger partial charge is 0.444 e. The van der Waals surface area contributed by atoms with Gasteiger partial charge in [-0.15, -0.1) is 0 Å². The van der Waals surface area contributed by atoms with Crippen molar-refractivity contribution in [3.05, 3.63) is 29.8 Å². The lowest BCUT2D eigenvalue weighted by Crippen LogP contribution is -2.55. The predicted octanol–water partition coefficient (Wildman–Crippen LogP) is 3.32. The Hall–Kier alpha value is -2.57. The number of fused-ring (bicyclic) bond motifs is 2. The van der Waals surface area contributed by atoms with Crippen LogP contribution in [0.3, 0.4) is 0 Å². The summed E-state index contributed by atoms with van der Waals surface area (Å²) >= 11 is 0. The van der Waals surface area contributed by atoms with Crippen LogP contribution in [0, 0.1) is 17.2 Å². The van der Waals surface area contributed by atoms with Crippen LogP contribution in [0.1, 0.15) is 73.3 Å². The second-order valence-electron chi connectivity index (χ2n) is 12.3. The van der Waals surface area contributed by atoms with Gasteiger partial charge in [-0.2, -0.15) is 5.26 Å². The van der Waals surface area contributed by atoms with Crippen LogP contribution in [0.2, 0.25) is 0 Å². The van der Waals surface area contributed by atoms with Crippen LogP contribution in [-0.2, 0) is 25.3 Å². The number of piperidine rings is 1. The summed E-state index contributed by atoms with van der Waals surface area (Å²) in [7, 11) is -0.452. The molecular weight excluding hydrogens is 457 g/mol. The standard InChI is InChI=1S/C27H38BN3O5/c1-25(2,3)34-24(33)31-21-13-10-18(15-21)22(31)23(32)30-20(16-29)14-17-8-11-19(12-9-17)28-35-26(4,5)27(6,7)36-28/h8-9,11-12,18,20-22H,10,13-15H2,1-7H3,(H,30,32). The van der Waals surface area contributed by atoms with Gasteiger partial charge in [0.05, 0.1) is 17.3 Å². The van der Waals surface area contributed by atoms with Gasteiger partial charge in [-0.3, -0.25) is 9.69 Å². The number of ether oxygens (including phenoxy) is 1. The Morgan fingerprint density at radius 3 is 2.33 bits per heavy atom. The number of hydrogen-bond acceptors (Lipinski definition) is 6. The number of carbonyl (C=O) groups excluding carboxylic acids is 2. The van der Waals surface area contributed by atoms with E-state index in [1.54, 1.807) is 4.90 Å². The third-order valence-electron chi connectivity index (χ3n) is 7.88. The van der Waals surface area contributed by atoms with E-state index in [0.29, 0.717) is 6.42 Å². The highest BCUT2D eigenvalue weighted by Gasteiger charge is 2.53. The van der Waals surface area contributed by atoms with Gasteiger partial charge in [0.25, 0.3) is 0 Å². The molecule has 36 heavy (non-hydrogen) atoms. The van der Waals surface area contributed by atoms with Gasteiger partial charge in [0.15, 0.2) is 0 Å². The first-order chi connectivity index (χ1) is 16.7. The van der Waals surface area contributed by atoms with Crippen molar-refractivity contribution in [2.45, 2.75) is 109 Å². The molecule has 194 valence electrons. The molecule has 4 rings (SSSR count). The molecule has 1 aromatic rings. The molecule has 0 radical (unpaired) electrons. The van der Waals surface area contributed by atoms with Crippen LogP contribution >= 0.6 is 0 Å². The fraction of sp³-hybridized carbons (Fsp3) is 0.667. The molecule has 0 spiro atoms. The Kier molecular flexibility index (Phi) is 6.91. The maximum Gasteiger partial charge on any atom is 0.494 e. The second-order valence-corrected chi connectivity index (χ2v) is 12.3. The van der Waals surface area contributed by atoms with E-state index in [0.717, 1.165) is 30.3 Å². The van der Waals surface area contributed by atoms with Crippen molar-refractivity contribution >= 4 is 24.6 Å². The molecule has 2 amide bonds. The normalized spacial score (nSPS) is 27.0. The van der Waals surface area contributed by atoms with Crippen LogP contribution in [0.25, 0.3) is 0 Å². The van der Waals surface area contributed by atoms with Gasteiger partial charge < -0.3 is 19.4 Å². The molecular formula is C27H38BN3O5. The maximum absolute atomic E-state index is 13.3. The molecule has 2 aliphatic heterocycles. The predicted molar refractivity (Wildman–Crippen MR) is 136 cm³/mol. The zero-order chi connectivity index (χ0) is 26.5. The van der Waals surface area contributed by atoms with Gasteiger partial charge in [-0.1, -0.05) is 24.3 Å². The zero-order valence-corrected chi connectivity index (χ0v) is 22.5. The van der Waals surface area contributed by atoms with E-state index >= 15 is 0 Å². The van der Waals surface area contributed by atoms with E-state index < -0.39 is 42.1 Å². The third kappa shape index (κ3) is 5.26. The largest absolute Gasteiger partial charge is 0.494 e. The Balaban J connectivity index is 1.39. The van der Waals surface area contributed by atoms with E-state index in [1.807, 2.05) is 72.7 Å². The monoisotopic (exact) mass is 495 g/mol. The van der Waals surface area contributed by atoms with Crippen LogP contribution in [0.5, 0.6) is 0 Å². The lowest BCUT2D eigenvalue weighted by molar-refractivity contribution is -0.128. The number of nitriles is 1. The molecule has 4 unspecified atom stereocenters. The number of carbonyl (C=O) groups is 2. The maximum atomic E-state index is 13.3. The van der Waals surface area contributed by atoms with E-state index in [2.05, 4.69) is 11.4 Å². The molecule has 2 heterocycles. The van der Waals surface area contributed by atoms with Crippen molar-refractivity contribution in [3.63, 3.8) is 0 Å². The minimum atomic E-state index is -0.709. The first-order valence-corrected chi connectivity index (χ1v) is 12.9. The molecule has 2 bridgehead atoms. The molecule has 1 saturated carbocycles. The highest BCUT2D eigenvalue weighted by atomic mass is 16.7. The Labute approximate surface area is 214 Å². The second kappa shape index (κ2) is 9.39. The molecule has 9 heteroatoms. The quantitative estimate of drug-likeness (QED) is 0.629. The summed E-state index contributed by atoms with van der Waals surface area (Å²) in [6.07, 6.45) is 2.49. The van der Waals surface area contributed by atoms with Crippen LogP contribution in [0.4, 0.5) is 4.79 Å². The number of amides is 2. The molecule has 2 saturated heterocycles. The van der Waals surface area contributed by atoms with Crippen molar-refractivity contribution in [2.24, 2.45) is 5.92 Å². The summed E-state index contributed by atoms with van der Waals surface area (Å²) in [4.78, 5) is 27.8. The van der Waals surface area contributed by atoms with Gasteiger partial charge in [0.2, 0.25) is 5.91 Å². The lowest BCUT2D eigenvalue weighted by Gasteiger charge is -2.35. The number of hydrogen-bond donors (Lipinski definition) is 1. The van der Waals surface area contributed by atoms with Gasteiger partial charge in [0.1, 0.15) is 17.7 Å². The van der Waals surface area contributed by atoms with Crippen molar-refractivity contribution < 1.29 is 23.6 Å². The first kappa shape index (κ1) is 26.5. The number of nitrogens with zero attached hydrogens (tertiary/aromatic N) is 2. The molecule has 1 N–H and O–H groups in total. The summed E-state index contributed by atoms with van der Waals surface area (Å²) in [6.45, 7) is 13.5. The summed E-state index contributed by atoms with van der Waals surface area (Å²) in [5.74, 6) is -0.186. The molecule has 3 fully saturated rings. The summed E-state index contributed by atoms with van der Waals surface area (Å²) in [5.41, 5.74) is 0.351. The Morgan fingerprint density at radius 2 is 1.78 bits per heavy atom. The molecule has 3 aliphatic rings. The fourth-order valence-corrected chi connectivity index (χ4v) is 5.31. The van der Waals surface area contributed by atoms with Gasteiger partial charge in [-0.25, -0.2) is 4.79 Å². The summed E-state index contributed by atoms with van der Waals surface area (Å²) < 4.78 is 17.8. The van der Waals surface area contributed by atoms with Crippen molar-refractivity contribution in [1.82, 2.24) is 10.2 Å². The average molecular weight is 495 g/mol.